The fourth-order valence-corrected chi connectivity index (χ4v) is 14.8. The second-order valence-electron chi connectivity index (χ2n) is 23.2. The number of aliphatic hydroxyl groups is 5. The lowest BCUT2D eigenvalue weighted by molar-refractivity contribution is -0.356. The van der Waals surface area contributed by atoms with Crippen LogP contribution in [0.3, 0.4) is 0 Å². The Hall–Kier alpha value is -2.65. The van der Waals surface area contributed by atoms with E-state index in [4.69, 9.17) is 61.6 Å². The van der Waals surface area contributed by atoms with Gasteiger partial charge in [0.1, 0.15) is 59.5 Å². The normalized spacial score (nSPS) is 49.4. The van der Waals surface area contributed by atoms with Crippen LogP contribution in [0.15, 0.2) is 36.2 Å². The molecule has 0 aromatic carbocycles. The Morgan fingerprint density at radius 3 is 1.78 bits per heavy atom. The van der Waals surface area contributed by atoms with Crippen molar-refractivity contribution in [3.8, 4) is 0 Å². The molecule has 0 spiro atoms. The molecule has 0 radical (unpaired) electrons. The Bertz CT molecular complexity index is 2230. The summed E-state index contributed by atoms with van der Waals surface area (Å²) in [6, 6.07) is 3.19. The molecule has 0 amide bonds. The molecule has 1 unspecified atom stereocenters. The van der Waals surface area contributed by atoms with Gasteiger partial charge in [-0.2, -0.15) is 0 Å². The van der Waals surface area contributed by atoms with E-state index in [1.165, 1.54) is 26.4 Å². The Balaban J connectivity index is 0.810. The summed E-state index contributed by atoms with van der Waals surface area (Å²) in [7, 11) is 6.23. The van der Waals surface area contributed by atoms with Gasteiger partial charge in [0, 0.05) is 66.0 Å². The molecule has 0 bridgehead atoms. The molecular formula is C55H83NO20. The van der Waals surface area contributed by atoms with E-state index in [1.54, 1.807) is 47.3 Å². The van der Waals surface area contributed by atoms with Gasteiger partial charge in [0.25, 0.3) is 0 Å². The topological polar surface area (TPSA) is 268 Å². The standard InChI is InChI=1S/C55H83NO20/c1-27-43(58)48(67-11)44(59)50(71-27)76-47-30(4)70-42(24-37(47)66-10)75-46-29(3)69-41(23-36(46)65-9)74-45-28(2)68-40(22-35(45)64-8)72-34-15-16-51(6)33(21-34)14-17-54(62)38(51)25-39(73-49(60)32-13-12-20-56-26-32)52(7)53(61,31(5)57)18-19-55(52,54)63/h12-14,20,26-30,34-48,50,58-59,61-63H,15-19,21-25H2,1-11H3/t27-,28-,29-,30-,34+,35+,36-,37-,38-,39?,40+,41+,42+,43-,44-,45-,46-,47-,48-,50+,51+,52-,53+,54+,55-/m1/s1. The quantitative estimate of drug-likeness (QED) is 0.125. The van der Waals surface area contributed by atoms with Gasteiger partial charge < -0.3 is 87.1 Å². The third kappa shape index (κ3) is 9.85. The van der Waals surface area contributed by atoms with Crippen molar-refractivity contribution in [2.45, 2.75) is 246 Å². The van der Waals surface area contributed by atoms with E-state index in [-0.39, 0.29) is 37.4 Å². The molecule has 21 heteroatoms. The number of nitrogens with zero attached hydrogens (tertiary/aromatic N) is 1. The zero-order chi connectivity index (χ0) is 54.9. The first kappa shape index (κ1) is 58.0. The SMILES string of the molecule is CO[C@H]1[C@@H](O)[C@H](O[C@@H]2[C@@H](C)O[C@@H](O[C@@H]3[C@@H](C)O[C@@H](O[C@H]4[C@@H](OC)C[C@H](O[C@H]5CC[C@@]6(C)C(=CC[C@]7(O)[C@@H]6CC(OC(=O)c6cccnc6)[C@@]6(C)[C@]7(O)CC[C@]6(O)C(C)=O)C5)O[C@@H]4C)C[C@H]3OC)C[C@H]2OC)O[C@H](C)[C@H]1O. The number of hydrogen-bond acceptors (Lipinski definition) is 21. The third-order valence-corrected chi connectivity index (χ3v) is 19.4. The molecule has 4 saturated heterocycles. The summed E-state index contributed by atoms with van der Waals surface area (Å²) in [5, 5.41) is 59.4. The van der Waals surface area contributed by atoms with Crippen LogP contribution in [0.1, 0.15) is 123 Å². The minimum Gasteiger partial charge on any atom is -0.458 e. The number of ether oxygens (including phenoxy) is 13. The van der Waals surface area contributed by atoms with Crippen molar-refractivity contribution in [2.75, 3.05) is 28.4 Å². The van der Waals surface area contributed by atoms with E-state index in [1.807, 2.05) is 26.8 Å². The van der Waals surface area contributed by atoms with Gasteiger partial charge in [-0.15, -0.1) is 0 Å². The van der Waals surface area contributed by atoms with Crippen molar-refractivity contribution in [1.29, 1.82) is 0 Å². The van der Waals surface area contributed by atoms with Crippen molar-refractivity contribution in [2.24, 2.45) is 16.7 Å². The maximum atomic E-state index is 13.7. The Labute approximate surface area is 445 Å². The Kier molecular flexibility index (Phi) is 17.1. The minimum absolute atomic E-state index is 0.0621. The van der Waals surface area contributed by atoms with Crippen LogP contribution in [-0.2, 0) is 66.4 Å². The summed E-state index contributed by atoms with van der Waals surface area (Å²) in [5.74, 6) is -1.86. The first-order valence-electron chi connectivity index (χ1n) is 27.2. The summed E-state index contributed by atoms with van der Waals surface area (Å²) in [6.07, 6.45) is -5.24. The summed E-state index contributed by atoms with van der Waals surface area (Å²) >= 11 is 0. The number of aromatic nitrogens is 1. The first-order valence-corrected chi connectivity index (χ1v) is 27.2. The van der Waals surface area contributed by atoms with Crippen LogP contribution >= 0.6 is 0 Å². The number of methoxy groups -OCH3 is 4. The average Bonchev–Trinajstić information content (AvgIpc) is 3.63. The highest BCUT2D eigenvalue weighted by Gasteiger charge is 2.81. The van der Waals surface area contributed by atoms with Crippen molar-refractivity contribution >= 4 is 11.8 Å². The molecule has 3 saturated carbocycles. The summed E-state index contributed by atoms with van der Waals surface area (Å²) in [5.41, 5.74) is -6.93. The molecule has 4 aliphatic carbocycles. The largest absolute Gasteiger partial charge is 0.458 e. The van der Waals surface area contributed by atoms with Gasteiger partial charge in [-0.25, -0.2) is 4.79 Å². The number of carbonyl (C=O) groups excluding carboxylic acids is 2. The number of aliphatic hydroxyl groups excluding tert-OH is 2. The van der Waals surface area contributed by atoms with Crippen LogP contribution in [0.4, 0.5) is 0 Å². The monoisotopic (exact) mass is 1080 g/mol. The number of esters is 1. The zero-order valence-corrected chi connectivity index (χ0v) is 45.8. The van der Waals surface area contributed by atoms with E-state index in [2.05, 4.69) is 11.9 Å². The number of fused-ring (bicyclic) bond motifs is 5. The van der Waals surface area contributed by atoms with Gasteiger partial charge in [0.15, 0.2) is 30.9 Å². The minimum atomic E-state index is -2.06. The molecule has 1 aromatic heterocycles. The summed E-state index contributed by atoms with van der Waals surface area (Å²) in [6.45, 7) is 12.3. The molecule has 9 rings (SSSR count). The van der Waals surface area contributed by atoms with Gasteiger partial charge >= 0.3 is 5.97 Å². The van der Waals surface area contributed by atoms with Gasteiger partial charge in [-0.05, 0) is 104 Å². The number of Topliss-reactive ketones (excluding diaryl/α,β-unsaturated/α-hetero) is 1. The van der Waals surface area contributed by atoms with E-state index >= 15 is 0 Å². The van der Waals surface area contributed by atoms with Gasteiger partial charge in [-0.3, -0.25) is 9.78 Å². The highest BCUT2D eigenvalue weighted by Crippen LogP contribution is 2.71. The van der Waals surface area contributed by atoms with Crippen molar-refractivity contribution in [3.05, 3.63) is 41.7 Å². The van der Waals surface area contributed by atoms with E-state index in [0.717, 1.165) is 5.57 Å². The van der Waals surface area contributed by atoms with Crippen molar-refractivity contribution < 1.29 is 96.7 Å². The van der Waals surface area contributed by atoms with Crippen LogP contribution in [0.25, 0.3) is 0 Å². The molecule has 76 heavy (non-hydrogen) atoms. The van der Waals surface area contributed by atoms with E-state index in [9.17, 15) is 35.1 Å². The Morgan fingerprint density at radius 1 is 0.684 bits per heavy atom. The van der Waals surface area contributed by atoms with Crippen LogP contribution in [0.5, 0.6) is 0 Å². The van der Waals surface area contributed by atoms with Crippen LogP contribution in [-0.4, -0.2) is 204 Å². The molecule has 1 aromatic rings. The van der Waals surface area contributed by atoms with Crippen molar-refractivity contribution in [3.63, 3.8) is 0 Å². The maximum Gasteiger partial charge on any atom is 0.339 e. The van der Waals surface area contributed by atoms with Crippen LogP contribution < -0.4 is 0 Å². The van der Waals surface area contributed by atoms with Crippen LogP contribution in [0, 0.1) is 16.7 Å². The number of rotatable bonds is 15. The van der Waals surface area contributed by atoms with E-state index < -0.39 is 156 Å². The third-order valence-electron chi connectivity index (χ3n) is 19.4. The highest BCUT2D eigenvalue weighted by atomic mass is 16.8. The number of ketones is 1. The van der Waals surface area contributed by atoms with Crippen LogP contribution in [0.2, 0.25) is 0 Å². The lowest BCUT2D eigenvalue weighted by Gasteiger charge is -2.67. The predicted molar refractivity (Wildman–Crippen MR) is 265 cm³/mol. The first-order chi connectivity index (χ1) is 36.0. The van der Waals surface area contributed by atoms with E-state index in [0.29, 0.717) is 38.5 Å². The number of hydrogen-bond donors (Lipinski definition) is 5. The highest BCUT2D eigenvalue weighted by molar-refractivity contribution is 5.90. The van der Waals surface area contributed by atoms with Crippen molar-refractivity contribution in [1.82, 2.24) is 4.98 Å². The van der Waals surface area contributed by atoms with Gasteiger partial charge in [0.2, 0.25) is 0 Å². The maximum absolute atomic E-state index is 13.7. The predicted octanol–water partition coefficient (Wildman–Crippen LogP) is 3.20. The molecule has 5 heterocycles. The fraction of sp³-hybridized carbons (Fsp3) is 0.836. The molecule has 21 nitrogen and oxygen atoms in total. The second kappa shape index (κ2) is 22.4. The smallest absolute Gasteiger partial charge is 0.339 e. The number of pyridine rings is 1. The Morgan fingerprint density at radius 2 is 1.25 bits per heavy atom. The summed E-state index contributed by atoms with van der Waals surface area (Å²) in [4.78, 5) is 31.1. The molecular weight excluding hydrogens is 995 g/mol. The zero-order valence-electron chi connectivity index (χ0n) is 45.8. The average molecular weight is 1080 g/mol. The molecule has 4 aliphatic heterocycles. The number of carbonyl (C=O) groups is 2. The molecule has 8 aliphatic rings. The summed E-state index contributed by atoms with van der Waals surface area (Å²) < 4.78 is 80.9. The fourth-order valence-electron chi connectivity index (χ4n) is 14.8. The molecule has 7 fully saturated rings. The van der Waals surface area contributed by atoms with Gasteiger partial charge in [0.05, 0.1) is 59.8 Å². The van der Waals surface area contributed by atoms with Gasteiger partial charge in [-0.1, -0.05) is 18.6 Å². The molecule has 428 valence electrons. The lowest BCUT2D eigenvalue weighted by atomic mass is 9.42. The lowest BCUT2D eigenvalue weighted by Crippen LogP contribution is -2.78. The molecule has 5 N–H and O–H groups in total. The second-order valence-corrected chi connectivity index (χ2v) is 23.2. The molecule has 25 atom stereocenters.